The smallest absolute Gasteiger partial charge is 0.356 e. The van der Waals surface area contributed by atoms with Gasteiger partial charge in [0.1, 0.15) is 12.4 Å². The molecule has 2 unspecified atom stereocenters. The lowest BCUT2D eigenvalue weighted by molar-refractivity contribution is -0.136. The van der Waals surface area contributed by atoms with Crippen molar-refractivity contribution >= 4 is 11.7 Å². The highest BCUT2D eigenvalue weighted by Gasteiger charge is 2.33. The lowest BCUT2D eigenvalue weighted by atomic mass is 9.90. The Kier molecular flexibility index (Phi) is 6.08. The predicted octanol–water partition coefficient (Wildman–Crippen LogP) is 2.44. The molecule has 0 N–H and O–H groups in total. The molecule has 2 atom stereocenters. The van der Waals surface area contributed by atoms with Crippen molar-refractivity contribution in [2.24, 2.45) is 17.0 Å². The maximum atomic E-state index is 11.8. The molecule has 0 aromatic carbocycles. The van der Waals surface area contributed by atoms with E-state index >= 15 is 0 Å². The molecular weight excluding hydrogens is 282 g/mol. The minimum absolute atomic E-state index is 0.0581. The first-order chi connectivity index (χ1) is 10.7. The van der Waals surface area contributed by atoms with E-state index in [0.29, 0.717) is 32.0 Å². The summed E-state index contributed by atoms with van der Waals surface area (Å²) in [6.07, 6.45) is 7.29. The Bertz CT molecular complexity index is 551. The van der Waals surface area contributed by atoms with Crippen LogP contribution in [0.5, 0.6) is 0 Å². The van der Waals surface area contributed by atoms with Crippen molar-refractivity contribution in [3.63, 3.8) is 0 Å². The Labute approximate surface area is 131 Å². The Morgan fingerprint density at radius 3 is 3.09 bits per heavy atom. The van der Waals surface area contributed by atoms with Crippen LogP contribution in [-0.2, 0) is 19.1 Å². The third kappa shape index (κ3) is 4.39. The van der Waals surface area contributed by atoms with Gasteiger partial charge in [0.2, 0.25) is 0 Å². The van der Waals surface area contributed by atoms with E-state index in [1.807, 2.05) is 25.2 Å². The molecule has 2 aliphatic rings. The van der Waals surface area contributed by atoms with Gasteiger partial charge in [0.15, 0.2) is 5.71 Å². The topological polar surface area (TPSA) is 57.1 Å². The van der Waals surface area contributed by atoms with Gasteiger partial charge in [0.25, 0.3) is 0 Å². The van der Waals surface area contributed by atoms with Crippen molar-refractivity contribution < 1.29 is 19.1 Å². The monoisotopic (exact) mass is 303 g/mol. The van der Waals surface area contributed by atoms with E-state index in [9.17, 15) is 4.79 Å². The van der Waals surface area contributed by atoms with E-state index in [-0.39, 0.29) is 11.8 Å². The third-order valence-electron chi connectivity index (χ3n) is 3.57. The summed E-state index contributed by atoms with van der Waals surface area (Å²) in [5, 5.41) is 3.84. The van der Waals surface area contributed by atoms with Gasteiger partial charge in [0.05, 0.1) is 13.2 Å². The van der Waals surface area contributed by atoms with Crippen LogP contribution in [0, 0.1) is 23.7 Å². The molecular formula is C17H21NO4. The minimum Gasteiger partial charge on any atom is -0.493 e. The molecule has 0 amide bonds. The lowest BCUT2D eigenvalue weighted by Crippen LogP contribution is -2.37. The third-order valence-corrected chi connectivity index (χ3v) is 3.57. The number of rotatable bonds is 5. The van der Waals surface area contributed by atoms with E-state index in [2.05, 4.69) is 17.0 Å². The average molecular weight is 303 g/mol. The van der Waals surface area contributed by atoms with Crippen molar-refractivity contribution in [1.29, 1.82) is 0 Å². The fourth-order valence-corrected chi connectivity index (χ4v) is 2.18. The van der Waals surface area contributed by atoms with Gasteiger partial charge >= 0.3 is 5.97 Å². The summed E-state index contributed by atoms with van der Waals surface area (Å²) in [5.41, 5.74) is 0.328. The highest BCUT2D eigenvalue weighted by molar-refractivity contribution is 6.37. The van der Waals surface area contributed by atoms with Crippen LogP contribution in [0.2, 0.25) is 0 Å². The van der Waals surface area contributed by atoms with Gasteiger partial charge in [-0.25, -0.2) is 4.79 Å². The second-order valence-corrected chi connectivity index (χ2v) is 5.12. The number of allylic oxidation sites excluding steroid dienone is 3. The summed E-state index contributed by atoms with van der Waals surface area (Å²) in [6, 6.07) is 0. The van der Waals surface area contributed by atoms with Gasteiger partial charge < -0.3 is 14.3 Å². The molecule has 0 saturated carbocycles. The van der Waals surface area contributed by atoms with Crippen molar-refractivity contribution in [2.45, 2.75) is 26.7 Å². The number of esters is 1. The first kappa shape index (κ1) is 16.2. The molecule has 1 aliphatic heterocycles. The van der Waals surface area contributed by atoms with Crippen LogP contribution in [-0.4, -0.2) is 31.5 Å². The van der Waals surface area contributed by atoms with Crippen LogP contribution in [0.1, 0.15) is 26.7 Å². The van der Waals surface area contributed by atoms with Crippen LogP contribution in [0.4, 0.5) is 0 Å². The number of nitrogens with zero attached hydrogens (tertiary/aromatic N) is 1. The predicted molar refractivity (Wildman–Crippen MR) is 82.9 cm³/mol. The Hall–Kier alpha value is -2.22. The number of oxime groups is 1. The van der Waals surface area contributed by atoms with Gasteiger partial charge in [-0.2, -0.15) is 0 Å². The van der Waals surface area contributed by atoms with Gasteiger partial charge in [-0.05, 0) is 19.1 Å². The van der Waals surface area contributed by atoms with Crippen LogP contribution in [0.3, 0.4) is 0 Å². The van der Waals surface area contributed by atoms with Gasteiger partial charge in [-0.15, -0.1) is 0 Å². The number of hydrogen-bond donors (Lipinski definition) is 0. The first-order valence-corrected chi connectivity index (χ1v) is 7.54. The zero-order valence-electron chi connectivity index (χ0n) is 13.0. The van der Waals surface area contributed by atoms with Crippen molar-refractivity contribution in [3.05, 3.63) is 24.0 Å². The van der Waals surface area contributed by atoms with E-state index < -0.39 is 5.97 Å². The number of hydrogen-bond acceptors (Lipinski definition) is 5. The fraction of sp³-hybridized carbons (Fsp3) is 0.529. The molecule has 1 heterocycles. The second kappa shape index (κ2) is 8.28. The molecule has 0 aromatic rings. The van der Waals surface area contributed by atoms with E-state index in [0.717, 1.165) is 12.2 Å². The van der Waals surface area contributed by atoms with Crippen molar-refractivity contribution in [1.82, 2.24) is 0 Å². The maximum Gasteiger partial charge on any atom is 0.356 e. The second-order valence-electron chi connectivity index (χ2n) is 5.12. The summed E-state index contributed by atoms with van der Waals surface area (Å²) >= 11 is 0. The lowest BCUT2D eigenvalue weighted by Gasteiger charge is -2.27. The van der Waals surface area contributed by atoms with Gasteiger partial charge in [0, 0.05) is 24.7 Å². The minimum atomic E-state index is -0.417. The molecule has 0 fully saturated rings. The van der Waals surface area contributed by atoms with E-state index in [1.54, 1.807) is 6.92 Å². The SMILES string of the molecule is CCOC(=O)C1=NOCC(COC2=CCC#CCC=C2)C1C. The summed E-state index contributed by atoms with van der Waals surface area (Å²) in [5.74, 6) is 6.45. The van der Waals surface area contributed by atoms with Crippen molar-refractivity contribution in [2.75, 3.05) is 19.8 Å². The highest BCUT2D eigenvalue weighted by atomic mass is 16.6. The molecule has 0 bridgehead atoms. The molecule has 0 saturated heterocycles. The maximum absolute atomic E-state index is 11.8. The zero-order valence-corrected chi connectivity index (χ0v) is 13.0. The molecule has 0 radical (unpaired) electrons. The van der Waals surface area contributed by atoms with E-state index in [4.69, 9.17) is 14.3 Å². The Morgan fingerprint density at radius 1 is 1.45 bits per heavy atom. The number of ether oxygens (including phenoxy) is 2. The molecule has 22 heavy (non-hydrogen) atoms. The summed E-state index contributed by atoms with van der Waals surface area (Å²) in [6.45, 7) is 4.93. The molecule has 5 heteroatoms. The highest BCUT2D eigenvalue weighted by Crippen LogP contribution is 2.22. The molecule has 0 aromatic heterocycles. The molecule has 118 valence electrons. The summed E-state index contributed by atoms with van der Waals surface area (Å²) < 4.78 is 10.8. The van der Waals surface area contributed by atoms with Gasteiger partial charge in [-0.1, -0.05) is 30.0 Å². The van der Waals surface area contributed by atoms with Crippen LogP contribution in [0.15, 0.2) is 29.1 Å². The van der Waals surface area contributed by atoms with Gasteiger partial charge in [-0.3, -0.25) is 0 Å². The molecule has 5 nitrogen and oxygen atoms in total. The first-order valence-electron chi connectivity index (χ1n) is 7.54. The van der Waals surface area contributed by atoms with E-state index in [1.165, 1.54) is 0 Å². The van der Waals surface area contributed by atoms with Crippen LogP contribution >= 0.6 is 0 Å². The Balaban J connectivity index is 1.92. The number of carbonyl (C=O) groups is 1. The van der Waals surface area contributed by atoms with Crippen LogP contribution < -0.4 is 0 Å². The van der Waals surface area contributed by atoms with Crippen LogP contribution in [0.25, 0.3) is 0 Å². The zero-order chi connectivity index (χ0) is 15.8. The largest absolute Gasteiger partial charge is 0.493 e. The molecule has 2 rings (SSSR count). The molecule has 0 spiro atoms. The summed E-state index contributed by atoms with van der Waals surface area (Å²) in [7, 11) is 0. The quantitative estimate of drug-likeness (QED) is 0.578. The normalized spacial score (nSPS) is 23.7. The average Bonchev–Trinajstić information content (AvgIpc) is 2.47. The Morgan fingerprint density at radius 2 is 2.27 bits per heavy atom. The molecule has 1 aliphatic carbocycles. The standard InChI is InChI=1S/C17H21NO4/c1-3-20-17(19)16-13(2)14(12-22-18-16)11-21-15-9-7-5-4-6-8-10-15/h7,9-10,13-14H,3,5,8,11-12H2,1-2H3. The summed E-state index contributed by atoms with van der Waals surface area (Å²) in [4.78, 5) is 17.0. The van der Waals surface area contributed by atoms with Crippen molar-refractivity contribution in [3.8, 4) is 11.8 Å². The number of carbonyl (C=O) groups excluding carboxylic acids is 1. The fourth-order valence-electron chi connectivity index (χ4n) is 2.18.